The number of carbonyl (C=O) groups excluding carboxylic acids is 3. The lowest BCUT2D eigenvalue weighted by Crippen LogP contribution is -2.71. The number of thiazole rings is 1. The van der Waals surface area contributed by atoms with Crippen LogP contribution in [0.25, 0.3) is 0 Å². The number of carboxylic acid groups (broad SMARTS) is 2. The van der Waals surface area contributed by atoms with Gasteiger partial charge in [-0.2, -0.15) is 0 Å². The molecule has 2 atom stereocenters. The number of rotatable bonds is 10. The Morgan fingerprint density at radius 2 is 1.95 bits per heavy atom. The number of carbonyl (C=O) groups is 5. The number of halogens is 1. The number of aliphatic carboxylic acids is 2. The lowest BCUT2D eigenvalue weighted by Gasteiger charge is -2.49. The molecule has 19 heteroatoms. The highest BCUT2D eigenvalue weighted by molar-refractivity contribution is 9.10. The Bertz CT molecular complexity index is 1660. The van der Waals surface area contributed by atoms with Gasteiger partial charge < -0.3 is 41.6 Å². The summed E-state index contributed by atoms with van der Waals surface area (Å²) in [5.74, 6) is -6.26. The maximum atomic E-state index is 13.3. The van der Waals surface area contributed by atoms with E-state index >= 15 is 0 Å². The fraction of sp³-hybridized carbons (Fsp3) is 0.320. The Balaban J connectivity index is 1.31. The van der Waals surface area contributed by atoms with Gasteiger partial charge in [0.2, 0.25) is 5.60 Å². The number of aromatic nitrogens is 1. The average Bonchev–Trinajstić information content (AvgIpc) is 3.38. The summed E-state index contributed by atoms with van der Waals surface area (Å²) in [6, 6.07) is 1.29. The third kappa shape index (κ3) is 5.64. The van der Waals surface area contributed by atoms with E-state index in [4.69, 9.17) is 10.6 Å². The van der Waals surface area contributed by atoms with Gasteiger partial charge in [-0.05, 0) is 24.1 Å². The number of carboxylic acids is 2. The monoisotopic (exact) mass is 710 g/mol. The van der Waals surface area contributed by atoms with Crippen molar-refractivity contribution >= 4 is 79.5 Å². The molecular weight excluding hydrogens is 688 g/mol. The number of amides is 3. The van der Waals surface area contributed by atoms with Crippen LogP contribution in [0.15, 0.2) is 38.4 Å². The van der Waals surface area contributed by atoms with Crippen molar-refractivity contribution in [1.82, 2.24) is 20.5 Å². The van der Waals surface area contributed by atoms with Crippen molar-refractivity contribution in [1.29, 1.82) is 0 Å². The average molecular weight is 712 g/mol. The molecule has 3 aliphatic rings. The van der Waals surface area contributed by atoms with Gasteiger partial charge in [0.15, 0.2) is 22.3 Å². The van der Waals surface area contributed by atoms with Crippen LogP contribution in [0, 0.1) is 0 Å². The molecule has 16 nitrogen and oxygen atoms in total. The molecule has 3 amide bonds. The summed E-state index contributed by atoms with van der Waals surface area (Å²) in [6.07, 6.45) is 0.974. The zero-order valence-corrected chi connectivity index (χ0v) is 25.5. The van der Waals surface area contributed by atoms with E-state index in [9.17, 15) is 44.4 Å². The van der Waals surface area contributed by atoms with Gasteiger partial charge in [-0.25, -0.2) is 14.6 Å². The molecule has 1 saturated heterocycles. The number of nitrogen functional groups attached to an aromatic ring is 1. The predicted molar refractivity (Wildman–Crippen MR) is 158 cm³/mol. The molecule has 1 aliphatic carbocycles. The lowest BCUT2D eigenvalue weighted by atomic mass is 9.80. The molecule has 0 spiro atoms. The van der Waals surface area contributed by atoms with Gasteiger partial charge in [0.25, 0.3) is 17.7 Å². The van der Waals surface area contributed by atoms with Gasteiger partial charge in [0, 0.05) is 35.0 Å². The normalized spacial score (nSPS) is 20.6. The SMILES string of the molecule is Nc1nc(/C(=N/OC2(C(=O)O)CCC2)C(=O)NC2C(=O)N3C(C(=O)O)=C(CNC(=O)c4cc(Br)cc(O)c4O)CS[C@@H]23)cs1. The van der Waals surface area contributed by atoms with Crippen molar-refractivity contribution in [3.8, 4) is 11.5 Å². The van der Waals surface area contributed by atoms with E-state index in [1.54, 1.807) is 0 Å². The number of hydrogen-bond donors (Lipinski definition) is 7. The van der Waals surface area contributed by atoms with E-state index in [1.165, 1.54) is 17.5 Å². The van der Waals surface area contributed by atoms with E-state index < -0.39 is 63.9 Å². The van der Waals surface area contributed by atoms with E-state index in [0.29, 0.717) is 10.9 Å². The highest BCUT2D eigenvalue weighted by Gasteiger charge is 2.54. The summed E-state index contributed by atoms with van der Waals surface area (Å²) in [5.41, 5.74) is 3.27. The first kappa shape index (κ1) is 31.1. The first-order chi connectivity index (χ1) is 20.8. The zero-order chi connectivity index (χ0) is 31.9. The van der Waals surface area contributed by atoms with Crippen LogP contribution in [0.4, 0.5) is 5.13 Å². The first-order valence-electron chi connectivity index (χ1n) is 12.7. The smallest absolute Gasteiger partial charge is 0.352 e. The molecule has 1 aromatic carbocycles. The molecule has 2 aromatic rings. The number of phenols is 2. The van der Waals surface area contributed by atoms with Gasteiger partial charge in [-0.3, -0.25) is 19.3 Å². The molecule has 0 bridgehead atoms. The predicted octanol–water partition coefficient (Wildman–Crippen LogP) is 0.796. The molecule has 2 aliphatic heterocycles. The van der Waals surface area contributed by atoms with Crippen LogP contribution in [-0.4, -0.2) is 95.0 Å². The van der Waals surface area contributed by atoms with Gasteiger partial charge in [-0.15, -0.1) is 23.1 Å². The maximum absolute atomic E-state index is 13.3. The molecule has 3 heterocycles. The number of nitrogens with zero attached hydrogens (tertiary/aromatic N) is 3. The summed E-state index contributed by atoms with van der Waals surface area (Å²) in [6.45, 7) is -0.293. The first-order valence-corrected chi connectivity index (χ1v) is 15.5. The fourth-order valence-electron chi connectivity index (χ4n) is 4.64. The molecule has 232 valence electrons. The number of phenolic OH excluding ortho intramolecular Hbond substituents is 2. The molecule has 0 radical (unpaired) electrons. The Labute approximate surface area is 264 Å². The maximum Gasteiger partial charge on any atom is 0.352 e. The molecule has 1 unspecified atom stereocenters. The van der Waals surface area contributed by atoms with Crippen LogP contribution in [0.2, 0.25) is 0 Å². The molecule has 2 fully saturated rings. The lowest BCUT2D eigenvalue weighted by molar-refractivity contribution is -0.178. The second-order valence-electron chi connectivity index (χ2n) is 9.88. The number of thioether (sulfide) groups is 1. The second kappa shape index (κ2) is 12.0. The summed E-state index contributed by atoms with van der Waals surface area (Å²) >= 11 is 5.25. The van der Waals surface area contributed by atoms with Crippen LogP contribution < -0.4 is 16.4 Å². The standard InChI is InChI=1S/C25H23BrN6O10S2/c26-10-4-11(17(34)13(33)5-10)18(35)28-6-9-7-43-21-15(20(37)32(21)16(9)22(38)39)30-19(36)14(12-8-44-24(27)29-12)31-42-25(23(40)41)2-1-3-25/h4-5,8,15,21,33-34H,1-3,6-7H2,(H2,27,29)(H,28,35)(H,30,36)(H,38,39)(H,40,41)/b31-14-/t15?,21-/m0/s1. The Kier molecular flexibility index (Phi) is 8.45. The van der Waals surface area contributed by atoms with E-state index in [0.717, 1.165) is 28.0 Å². The Hall–Kier alpha value is -4.36. The number of hydrogen-bond acceptors (Lipinski definition) is 13. The number of anilines is 1. The van der Waals surface area contributed by atoms with E-state index in [2.05, 4.69) is 36.7 Å². The fourth-order valence-corrected chi connectivity index (χ4v) is 6.98. The summed E-state index contributed by atoms with van der Waals surface area (Å²) in [5, 5.41) is 48.8. The number of β-lactam (4-membered cyclic amide) rings is 1. The number of aromatic hydroxyl groups is 2. The Morgan fingerprint density at radius 3 is 2.55 bits per heavy atom. The van der Waals surface area contributed by atoms with E-state index in [-0.39, 0.29) is 52.8 Å². The van der Waals surface area contributed by atoms with Crippen LogP contribution in [0.1, 0.15) is 35.3 Å². The highest BCUT2D eigenvalue weighted by atomic mass is 79.9. The van der Waals surface area contributed by atoms with Gasteiger partial charge >= 0.3 is 11.9 Å². The molecular formula is C25H23BrN6O10S2. The molecule has 1 saturated carbocycles. The van der Waals surface area contributed by atoms with Gasteiger partial charge in [-0.1, -0.05) is 21.1 Å². The largest absolute Gasteiger partial charge is 0.504 e. The van der Waals surface area contributed by atoms with Crippen LogP contribution in [0.3, 0.4) is 0 Å². The molecule has 5 rings (SSSR count). The van der Waals surface area contributed by atoms with Crippen LogP contribution in [-0.2, 0) is 24.0 Å². The zero-order valence-electron chi connectivity index (χ0n) is 22.3. The molecule has 1 aromatic heterocycles. The third-order valence-electron chi connectivity index (χ3n) is 7.14. The van der Waals surface area contributed by atoms with E-state index in [1.807, 2.05) is 0 Å². The van der Waals surface area contributed by atoms with Crippen LogP contribution >= 0.6 is 39.0 Å². The number of fused-ring (bicyclic) bond motifs is 1. The quantitative estimate of drug-likeness (QED) is 0.0780. The van der Waals surface area contributed by atoms with Crippen molar-refractivity contribution in [3.05, 3.63) is 44.5 Å². The number of nitrogens with two attached hydrogens (primary N) is 1. The van der Waals surface area contributed by atoms with Crippen molar-refractivity contribution in [2.24, 2.45) is 5.16 Å². The topological polar surface area (TPSA) is 254 Å². The summed E-state index contributed by atoms with van der Waals surface area (Å²) < 4.78 is 0.321. The third-order valence-corrected chi connectivity index (χ3v) is 9.61. The van der Waals surface area contributed by atoms with Crippen molar-refractivity contribution in [2.45, 2.75) is 36.3 Å². The van der Waals surface area contributed by atoms with Crippen LogP contribution in [0.5, 0.6) is 11.5 Å². The minimum atomic E-state index is -1.58. The molecule has 44 heavy (non-hydrogen) atoms. The number of oxime groups is 1. The highest BCUT2D eigenvalue weighted by Crippen LogP contribution is 2.41. The number of benzene rings is 1. The minimum absolute atomic E-state index is 0.00117. The van der Waals surface area contributed by atoms with Crippen molar-refractivity contribution in [3.63, 3.8) is 0 Å². The van der Waals surface area contributed by atoms with Gasteiger partial charge in [0.05, 0.1) is 5.56 Å². The Morgan fingerprint density at radius 1 is 1.23 bits per heavy atom. The van der Waals surface area contributed by atoms with Crippen molar-refractivity contribution < 1.29 is 49.2 Å². The minimum Gasteiger partial charge on any atom is -0.504 e. The van der Waals surface area contributed by atoms with Gasteiger partial charge in [0.1, 0.15) is 22.8 Å². The molecule has 8 N–H and O–H groups in total. The number of nitrogens with one attached hydrogen (secondary N) is 2. The summed E-state index contributed by atoms with van der Waals surface area (Å²) in [4.78, 5) is 73.3. The van der Waals surface area contributed by atoms with Crippen molar-refractivity contribution in [2.75, 3.05) is 18.0 Å². The second-order valence-corrected chi connectivity index (χ2v) is 12.8. The summed E-state index contributed by atoms with van der Waals surface area (Å²) in [7, 11) is 0.